The summed E-state index contributed by atoms with van der Waals surface area (Å²) < 4.78 is 19.5. The number of Topliss-reactive ketones (excluding diaryl/α,β-unsaturated/α-hetero) is 1. The number of anilines is 1. The minimum atomic E-state index is -0.684. The van der Waals surface area contributed by atoms with Crippen molar-refractivity contribution in [3.63, 3.8) is 0 Å². The fourth-order valence-corrected chi connectivity index (χ4v) is 6.49. The molecule has 3 aromatic rings. The number of nitriles is 1. The summed E-state index contributed by atoms with van der Waals surface area (Å²) in [5.74, 6) is -0.638. The number of hydrogen-bond acceptors (Lipinski definition) is 5. The molecule has 2 aliphatic rings. The first-order chi connectivity index (χ1) is 19.8. The molecule has 1 atom stereocenters. The van der Waals surface area contributed by atoms with Crippen molar-refractivity contribution in [1.82, 2.24) is 0 Å². The Morgan fingerprint density at radius 1 is 1.07 bits per heavy atom. The molecule has 0 spiro atoms. The van der Waals surface area contributed by atoms with Gasteiger partial charge in [0, 0.05) is 17.7 Å². The summed E-state index contributed by atoms with van der Waals surface area (Å²) in [5.41, 5.74) is 11.9. The first-order valence-electron chi connectivity index (χ1n) is 13.4. The van der Waals surface area contributed by atoms with Crippen LogP contribution in [-0.4, -0.2) is 5.78 Å². The number of nitrogens with two attached hydrogens (primary N) is 1. The molecule has 5 nitrogen and oxygen atoms in total. The van der Waals surface area contributed by atoms with Crippen LogP contribution in [0.4, 0.5) is 10.1 Å². The summed E-state index contributed by atoms with van der Waals surface area (Å²) in [4.78, 5) is 15.7. The van der Waals surface area contributed by atoms with E-state index in [1.807, 2.05) is 39.8 Å². The molecule has 0 saturated heterocycles. The van der Waals surface area contributed by atoms with Gasteiger partial charge in [-0.2, -0.15) is 5.26 Å². The van der Waals surface area contributed by atoms with E-state index < -0.39 is 11.7 Å². The Kier molecular flexibility index (Phi) is 8.06. The van der Waals surface area contributed by atoms with Gasteiger partial charge in [-0.05, 0) is 78.3 Å². The molecule has 9 heteroatoms. The maximum Gasteiger partial charge on any atom is 0.162 e. The molecule has 0 saturated carbocycles. The third kappa shape index (κ3) is 5.38. The Bertz CT molecular complexity index is 1740. The van der Waals surface area contributed by atoms with Gasteiger partial charge in [0.15, 0.2) is 5.78 Å². The largest absolute Gasteiger partial charge is 0.487 e. The van der Waals surface area contributed by atoms with Gasteiger partial charge in [0.2, 0.25) is 0 Å². The van der Waals surface area contributed by atoms with E-state index in [0.717, 1.165) is 22.3 Å². The lowest BCUT2D eigenvalue weighted by molar-refractivity contribution is -0.118. The van der Waals surface area contributed by atoms with E-state index in [1.165, 1.54) is 18.2 Å². The van der Waals surface area contributed by atoms with E-state index in [-0.39, 0.29) is 39.2 Å². The van der Waals surface area contributed by atoms with Gasteiger partial charge in [-0.1, -0.05) is 66.8 Å². The zero-order valence-electron chi connectivity index (χ0n) is 23.6. The third-order valence-electron chi connectivity index (χ3n) is 7.87. The van der Waals surface area contributed by atoms with Crippen LogP contribution in [0.25, 0.3) is 0 Å². The van der Waals surface area contributed by atoms with Crippen molar-refractivity contribution in [3.8, 4) is 11.8 Å². The topological polar surface area (TPSA) is 79.4 Å². The van der Waals surface area contributed by atoms with Gasteiger partial charge < -0.3 is 10.5 Å². The van der Waals surface area contributed by atoms with Gasteiger partial charge in [0.05, 0.1) is 38.3 Å². The zero-order chi connectivity index (χ0) is 30.5. The van der Waals surface area contributed by atoms with Crippen LogP contribution >= 0.6 is 34.8 Å². The van der Waals surface area contributed by atoms with E-state index in [2.05, 4.69) is 6.07 Å². The number of hydrogen-bond donors (Lipinski definition) is 1. The fourth-order valence-electron chi connectivity index (χ4n) is 5.89. The van der Waals surface area contributed by atoms with Gasteiger partial charge in [-0.25, -0.2) is 4.39 Å². The lowest BCUT2D eigenvalue weighted by Crippen LogP contribution is -2.42. The van der Waals surface area contributed by atoms with E-state index in [0.29, 0.717) is 40.6 Å². The van der Waals surface area contributed by atoms with Crippen LogP contribution in [0.15, 0.2) is 71.2 Å². The van der Waals surface area contributed by atoms with Crippen molar-refractivity contribution in [2.24, 2.45) is 11.1 Å². The number of carbonyl (C=O) groups excluding carboxylic acids is 1. The van der Waals surface area contributed by atoms with E-state index in [1.54, 1.807) is 23.1 Å². The van der Waals surface area contributed by atoms with Gasteiger partial charge in [-0.15, -0.1) is 0 Å². The number of aryl methyl sites for hydroxylation is 2. The predicted molar refractivity (Wildman–Crippen MR) is 165 cm³/mol. The Morgan fingerprint density at radius 2 is 1.81 bits per heavy atom. The lowest BCUT2D eigenvalue weighted by Gasteiger charge is -2.44. The first kappa shape index (κ1) is 30.0. The van der Waals surface area contributed by atoms with Crippen molar-refractivity contribution < 1.29 is 13.9 Å². The number of carbonyl (C=O) groups is 1. The lowest BCUT2D eigenvalue weighted by atomic mass is 9.68. The van der Waals surface area contributed by atoms with Crippen LogP contribution in [0.1, 0.15) is 54.9 Å². The van der Waals surface area contributed by atoms with Crippen LogP contribution in [0.2, 0.25) is 15.1 Å². The average molecular weight is 625 g/mol. The molecule has 0 bridgehead atoms. The van der Waals surface area contributed by atoms with Gasteiger partial charge in [0.25, 0.3) is 0 Å². The molecule has 1 aliphatic heterocycles. The molecule has 42 heavy (non-hydrogen) atoms. The molecule has 0 fully saturated rings. The highest BCUT2D eigenvalue weighted by molar-refractivity contribution is 6.43. The molecule has 0 radical (unpaired) electrons. The minimum Gasteiger partial charge on any atom is -0.487 e. The molecule has 0 aromatic heterocycles. The first-order valence-corrected chi connectivity index (χ1v) is 14.5. The average Bonchev–Trinajstić information content (AvgIpc) is 2.90. The van der Waals surface area contributed by atoms with E-state index >= 15 is 0 Å². The maximum absolute atomic E-state index is 14.0. The summed E-state index contributed by atoms with van der Waals surface area (Å²) >= 11 is 19.2. The van der Waals surface area contributed by atoms with Crippen LogP contribution < -0.4 is 15.4 Å². The summed E-state index contributed by atoms with van der Waals surface area (Å²) in [5, 5.41) is 11.3. The number of benzene rings is 3. The van der Waals surface area contributed by atoms with Crippen LogP contribution in [-0.2, 0) is 11.4 Å². The SMILES string of the molecule is Cc1cc(C)c(C2C(C#N)=C(N)N(c3cccc(Cl)c3Cl)C3=C2C(=O)CC(C)(C)C3)cc1COc1ccc(F)cc1Cl. The fraction of sp³-hybridized carbons (Fsp3) is 0.273. The highest BCUT2D eigenvalue weighted by Crippen LogP contribution is 2.52. The number of ketones is 1. The van der Waals surface area contributed by atoms with E-state index in [4.69, 9.17) is 45.3 Å². The van der Waals surface area contributed by atoms with Gasteiger partial charge >= 0.3 is 0 Å². The Morgan fingerprint density at radius 3 is 2.50 bits per heavy atom. The Hall–Kier alpha value is -3.50. The van der Waals surface area contributed by atoms with Crippen LogP contribution in [0.3, 0.4) is 0 Å². The molecular weight excluding hydrogens is 596 g/mol. The van der Waals surface area contributed by atoms with Gasteiger partial charge in [-0.3, -0.25) is 9.69 Å². The molecule has 1 aliphatic carbocycles. The number of halogens is 4. The highest BCUT2D eigenvalue weighted by Gasteiger charge is 2.45. The quantitative estimate of drug-likeness (QED) is 0.307. The van der Waals surface area contributed by atoms with Gasteiger partial charge in [0.1, 0.15) is 24.0 Å². The minimum absolute atomic E-state index is 0.0504. The second-order valence-corrected chi connectivity index (χ2v) is 12.7. The molecule has 0 amide bonds. The smallest absolute Gasteiger partial charge is 0.162 e. The zero-order valence-corrected chi connectivity index (χ0v) is 25.9. The van der Waals surface area contributed by atoms with Crippen molar-refractivity contribution in [2.75, 3.05) is 4.90 Å². The van der Waals surface area contributed by atoms with Crippen LogP contribution in [0, 0.1) is 36.4 Å². The molecular formula is C33H29Cl3FN3O2. The van der Waals surface area contributed by atoms with Crippen molar-refractivity contribution in [1.29, 1.82) is 5.26 Å². The maximum atomic E-state index is 14.0. The summed E-state index contributed by atoms with van der Waals surface area (Å²) in [6.07, 6.45) is 0.860. The molecule has 5 rings (SSSR count). The standard InChI is InChI=1S/C33H29Cl3FN3O2/c1-17-10-18(2)21(11-19(17)16-42-28-9-8-20(37)12-24(28)35)29-22(15-38)32(39)40(25-7-5-6-23(34)31(25)36)26-13-33(3,4)14-27(41)30(26)29/h5-12,29H,13-14,16,39H2,1-4H3. The second-order valence-electron chi connectivity index (χ2n) is 11.6. The molecule has 2 N–H and O–H groups in total. The predicted octanol–water partition coefficient (Wildman–Crippen LogP) is 8.92. The normalized spacial score (nSPS) is 18.2. The van der Waals surface area contributed by atoms with Crippen LogP contribution in [0.5, 0.6) is 5.75 Å². The number of nitrogens with zero attached hydrogens (tertiary/aromatic N) is 2. The third-order valence-corrected chi connectivity index (χ3v) is 8.97. The van der Waals surface area contributed by atoms with Crippen molar-refractivity contribution >= 4 is 46.3 Å². The number of allylic oxidation sites excluding steroid dienone is 3. The molecule has 216 valence electrons. The highest BCUT2D eigenvalue weighted by atomic mass is 35.5. The molecule has 1 unspecified atom stereocenters. The molecule has 1 heterocycles. The van der Waals surface area contributed by atoms with Crippen molar-refractivity contribution in [3.05, 3.63) is 114 Å². The summed E-state index contributed by atoms with van der Waals surface area (Å²) in [6, 6.07) is 15.4. The summed E-state index contributed by atoms with van der Waals surface area (Å²) in [7, 11) is 0. The Labute approximate surface area is 259 Å². The second kappa shape index (κ2) is 11.3. The van der Waals surface area contributed by atoms with Crippen molar-refractivity contribution in [2.45, 2.75) is 53.1 Å². The number of rotatable bonds is 5. The monoisotopic (exact) mass is 623 g/mol. The molecule has 3 aromatic carbocycles. The number of ether oxygens (including phenoxy) is 1. The van der Waals surface area contributed by atoms with E-state index in [9.17, 15) is 14.4 Å². The summed E-state index contributed by atoms with van der Waals surface area (Å²) in [6.45, 7) is 8.13. The Balaban J connectivity index is 1.68.